The highest BCUT2D eigenvalue weighted by molar-refractivity contribution is 6.31. The van der Waals surface area contributed by atoms with E-state index < -0.39 is 29.1 Å². The molecule has 0 aliphatic carbocycles. The van der Waals surface area contributed by atoms with Gasteiger partial charge in [0.25, 0.3) is 0 Å². The van der Waals surface area contributed by atoms with Crippen LogP contribution in [-0.4, -0.2) is 53.1 Å². The summed E-state index contributed by atoms with van der Waals surface area (Å²) in [6.07, 6.45) is 0.732. The van der Waals surface area contributed by atoms with Crippen LogP contribution in [0.15, 0.2) is 60.7 Å². The summed E-state index contributed by atoms with van der Waals surface area (Å²) in [5, 5.41) is 3.79. The van der Waals surface area contributed by atoms with Crippen molar-refractivity contribution in [3.8, 4) is 0 Å². The molecule has 11 heteroatoms. The molecule has 3 aromatic carbocycles. The number of hydrogen-bond donors (Lipinski definition) is 2. The molecular weight excluding hydrogens is 606 g/mol. The third-order valence-corrected chi connectivity index (χ3v) is 9.85. The minimum absolute atomic E-state index is 0.145. The van der Waals surface area contributed by atoms with E-state index in [9.17, 15) is 23.6 Å². The second-order valence-electron chi connectivity index (χ2n) is 11.8. The van der Waals surface area contributed by atoms with Gasteiger partial charge in [-0.1, -0.05) is 47.5 Å². The predicted molar refractivity (Wildman–Crippen MR) is 165 cm³/mol. The van der Waals surface area contributed by atoms with Crippen LogP contribution in [0.1, 0.15) is 53.5 Å². The lowest BCUT2D eigenvalue weighted by Gasteiger charge is -2.52. The first-order valence-electron chi connectivity index (χ1n) is 14.5. The highest BCUT2D eigenvalue weighted by Crippen LogP contribution is 2.60. The van der Waals surface area contributed by atoms with Crippen LogP contribution < -0.4 is 11.1 Å². The van der Waals surface area contributed by atoms with Gasteiger partial charge in [0.1, 0.15) is 17.8 Å². The maximum atomic E-state index is 14.8. The van der Waals surface area contributed by atoms with E-state index in [-0.39, 0.29) is 36.6 Å². The molecule has 0 radical (unpaired) electrons. The number of anilines is 1. The summed E-state index contributed by atoms with van der Waals surface area (Å²) in [6, 6.07) is 15.4. The van der Waals surface area contributed by atoms with E-state index in [1.165, 1.54) is 17.0 Å². The number of likely N-dealkylation sites (tertiary alicyclic amines) is 2. The average Bonchev–Trinajstić information content (AvgIpc) is 3.26. The van der Waals surface area contributed by atoms with Gasteiger partial charge in [0.2, 0.25) is 23.6 Å². The van der Waals surface area contributed by atoms with Crippen LogP contribution >= 0.6 is 23.2 Å². The molecule has 2 saturated heterocycles. The van der Waals surface area contributed by atoms with Gasteiger partial charge < -0.3 is 20.9 Å². The second kappa shape index (κ2) is 11.5. The summed E-state index contributed by atoms with van der Waals surface area (Å²) in [4.78, 5) is 57.3. The van der Waals surface area contributed by atoms with E-state index in [4.69, 9.17) is 28.9 Å². The second-order valence-corrected chi connectivity index (χ2v) is 12.7. The Bertz CT molecular complexity index is 1690. The summed E-state index contributed by atoms with van der Waals surface area (Å²) in [7, 11) is 0. The number of amides is 4. The van der Waals surface area contributed by atoms with Gasteiger partial charge in [-0.15, -0.1) is 0 Å². The number of piperidine rings is 2. The normalized spacial score (nSPS) is 23.5. The first-order chi connectivity index (χ1) is 21.0. The number of benzene rings is 3. The SMILES string of the molecule is Cc1ccc(F)cc1[C@H]1CC(=O)N(CC(=O)N2CCC(C(N)=O)CC2)[C@@H](c2cccc(Cl)c2)[C@]12C(=O)Nc1cc(Cl)ccc12. The number of nitrogens with zero attached hydrogens (tertiary/aromatic N) is 2. The largest absolute Gasteiger partial charge is 0.369 e. The van der Waals surface area contributed by atoms with E-state index in [0.717, 1.165) is 5.56 Å². The summed E-state index contributed by atoms with van der Waals surface area (Å²) in [6.45, 7) is 2.18. The molecule has 3 atom stereocenters. The molecule has 1 spiro atoms. The van der Waals surface area contributed by atoms with Crippen molar-refractivity contribution in [3.63, 3.8) is 0 Å². The molecule has 0 aromatic heterocycles. The topological polar surface area (TPSA) is 113 Å². The Balaban J connectivity index is 1.53. The van der Waals surface area contributed by atoms with Crippen LogP contribution in [0, 0.1) is 18.7 Å². The zero-order valence-electron chi connectivity index (χ0n) is 24.0. The maximum Gasteiger partial charge on any atom is 0.242 e. The number of halogens is 3. The summed E-state index contributed by atoms with van der Waals surface area (Å²) in [5.74, 6) is -3.02. The molecule has 6 rings (SSSR count). The van der Waals surface area contributed by atoms with Gasteiger partial charge in [-0.05, 0) is 78.4 Å². The molecule has 228 valence electrons. The highest BCUT2D eigenvalue weighted by atomic mass is 35.5. The number of fused-ring (bicyclic) bond motifs is 2. The minimum atomic E-state index is -1.46. The lowest BCUT2D eigenvalue weighted by molar-refractivity contribution is -0.152. The fraction of sp³-hybridized carbons (Fsp3) is 0.333. The first kappa shape index (κ1) is 30.1. The Labute approximate surface area is 264 Å². The van der Waals surface area contributed by atoms with E-state index in [1.807, 2.05) is 6.92 Å². The average molecular weight is 638 g/mol. The fourth-order valence-corrected chi connectivity index (χ4v) is 7.65. The number of nitrogens with one attached hydrogen (secondary N) is 1. The zero-order chi connectivity index (χ0) is 31.3. The van der Waals surface area contributed by atoms with E-state index >= 15 is 0 Å². The van der Waals surface area contributed by atoms with Crippen molar-refractivity contribution in [1.29, 1.82) is 0 Å². The zero-order valence-corrected chi connectivity index (χ0v) is 25.5. The van der Waals surface area contributed by atoms with Crippen LogP contribution in [0.2, 0.25) is 10.0 Å². The van der Waals surface area contributed by atoms with Gasteiger partial charge in [-0.3, -0.25) is 19.2 Å². The van der Waals surface area contributed by atoms with Crippen molar-refractivity contribution < 1.29 is 23.6 Å². The summed E-state index contributed by atoms with van der Waals surface area (Å²) in [5.41, 5.74) is 6.92. The van der Waals surface area contributed by atoms with E-state index in [0.29, 0.717) is 58.4 Å². The number of aryl methyl sites for hydroxylation is 1. The Morgan fingerprint density at radius 3 is 2.45 bits per heavy atom. The number of nitrogens with two attached hydrogens (primary N) is 1. The molecule has 2 fully saturated rings. The molecule has 3 heterocycles. The van der Waals surface area contributed by atoms with E-state index in [2.05, 4.69) is 5.32 Å². The molecule has 0 unspecified atom stereocenters. The number of carbonyl (C=O) groups is 4. The van der Waals surface area contributed by atoms with Crippen molar-refractivity contribution in [1.82, 2.24) is 9.80 Å². The van der Waals surface area contributed by atoms with Gasteiger partial charge in [0.05, 0.1) is 6.04 Å². The molecule has 0 saturated carbocycles. The third-order valence-electron chi connectivity index (χ3n) is 9.38. The minimum Gasteiger partial charge on any atom is -0.369 e. The Hall–Kier alpha value is -3.95. The van der Waals surface area contributed by atoms with Crippen LogP contribution in [0.25, 0.3) is 0 Å². The van der Waals surface area contributed by atoms with Gasteiger partial charge in [0, 0.05) is 47.1 Å². The standard InChI is InChI=1S/C33H31Cl2FN4O4/c1-18-5-7-23(36)15-24(18)26-16-28(41)40(17-29(42)39-11-9-19(10-12-39)31(37)43)30(20-3-2-4-21(34)13-20)33(26)25-8-6-22(35)14-27(25)38-32(33)44/h2-8,13-15,19,26,30H,9-12,16-17H2,1H3,(H2,37,43)(H,38,44)/t26-,30+,33-/m1/s1. The third kappa shape index (κ3) is 5.02. The number of primary amides is 1. The number of rotatable bonds is 5. The van der Waals surface area contributed by atoms with Gasteiger partial charge in [-0.25, -0.2) is 4.39 Å². The molecule has 8 nitrogen and oxygen atoms in total. The monoisotopic (exact) mass is 636 g/mol. The van der Waals surface area contributed by atoms with Crippen molar-refractivity contribution in [2.45, 2.75) is 43.6 Å². The van der Waals surface area contributed by atoms with Crippen molar-refractivity contribution in [2.24, 2.45) is 11.7 Å². The quantitative estimate of drug-likeness (QED) is 0.405. The lowest BCUT2D eigenvalue weighted by Crippen LogP contribution is -2.60. The molecule has 4 amide bonds. The smallest absolute Gasteiger partial charge is 0.242 e. The summed E-state index contributed by atoms with van der Waals surface area (Å²) < 4.78 is 14.8. The lowest BCUT2D eigenvalue weighted by atomic mass is 9.58. The van der Waals surface area contributed by atoms with E-state index in [1.54, 1.807) is 53.4 Å². The van der Waals surface area contributed by atoms with Crippen LogP contribution in [-0.2, 0) is 24.6 Å². The molecule has 44 heavy (non-hydrogen) atoms. The molecule has 3 N–H and O–H groups in total. The van der Waals surface area contributed by atoms with Gasteiger partial charge in [0.15, 0.2) is 0 Å². The number of carbonyl (C=O) groups excluding carboxylic acids is 4. The van der Waals surface area contributed by atoms with Crippen molar-refractivity contribution >= 4 is 52.5 Å². The fourth-order valence-electron chi connectivity index (χ4n) is 7.28. The maximum absolute atomic E-state index is 14.8. The van der Waals surface area contributed by atoms with Crippen LogP contribution in [0.3, 0.4) is 0 Å². The molecule has 3 aliphatic rings. The molecule has 3 aromatic rings. The summed E-state index contributed by atoms with van der Waals surface area (Å²) >= 11 is 12.8. The molecule has 0 bridgehead atoms. The van der Waals surface area contributed by atoms with Gasteiger partial charge >= 0.3 is 0 Å². The van der Waals surface area contributed by atoms with Crippen molar-refractivity contribution in [3.05, 3.63) is 98.8 Å². The highest BCUT2D eigenvalue weighted by Gasteiger charge is 2.63. The Kier molecular flexibility index (Phi) is 7.88. The predicted octanol–water partition coefficient (Wildman–Crippen LogP) is 5.11. The van der Waals surface area contributed by atoms with Gasteiger partial charge in [-0.2, -0.15) is 0 Å². The number of hydrogen-bond acceptors (Lipinski definition) is 4. The first-order valence-corrected chi connectivity index (χ1v) is 15.3. The van der Waals surface area contributed by atoms with Crippen LogP contribution in [0.4, 0.5) is 10.1 Å². The molecule has 3 aliphatic heterocycles. The van der Waals surface area contributed by atoms with Crippen LogP contribution in [0.5, 0.6) is 0 Å². The Morgan fingerprint density at radius 2 is 1.75 bits per heavy atom. The van der Waals surface area contributed by atoms with Crippen molar-refractivity contribution in [2.75, 3.05) is 25.0 Å². The molecular formula is C33H31Cl2FN4O4. The Morgan fingerprint density at radius 1 is 1.02 bits per heavy atom.